The predicted octanol–water partition coefficient (Wildman–Crippen LogP) is 4.01. The predicted molar refractivity (Wildman–Crippen MR) is 139 cm³/mol. The van der Waals surface area contributed by atoms with E-state index in [1.165, 1.54) is 0 Å². The highest BCUT2D eigenvalue weighted by molar-refractivity contribution is 5.88. The molecule has 0 radical (unpaired) electrons. The third-order valence-electron chi connectivity index (χ3n) is 8.63. The van der Waals surface area contributed by atoms with Crippen LogP contribution >= 0.6 is 0 Å². The van der Waals surface area contributed by atoms with E-state index in [2.05, 4.69) is 4.98 Å². The molecular weight excluding hydrogens is 490 g/mol. The summed E-state index contributed by atoms with van der Waals surface area (Å²) in [4.78, 5) is 30.9. The Morgan fingerprint density at radius 3 is 2.58 bits per heavy atom. The van der Waals surface area contributed by atoms with Crippen molar-refractivity contribution in [1.29, 1.82) is 0 Å². The summed E-state index contributed by atoms with van der Waals surface area (Å²) < 4.78 is 17.5. The van der Waals surface area contributed by atoms with E-state index in [1.807, 2.05) is 20.8 Å². The number of esters is 1. The molecule has 210 valence electrons. The van der Waals surface area contributed by atoms with Gasteiger partial charge in [0.05, 0.1) is 35.7 Å². The molecule has 9 heteroatoms. The first-order valence-electron chi connectivity index (χ1n) is 13.7. The number of cyclic esters (lactones) is 1. The van der Waals surface area contributed by atoms with Gasteiger partial charge in [-0.1, -0.05) is 40.2 Å². The summed E-state index contributed by atoms with van der Waals surface area (Å²) in [7, 11) is 0. The van der Waals surface area contributed by atoms with E-state index in [1.54, 1.807) is 32.0 Å². The number of rotatable bonds is 3. The Hall–Kier alpha value is -2.33. The van der Waals surface area contributed by atoms with E-state index < -0.39 is 35.6 Å². The standard InChI is InChI=1S/C29H41NO8/c1-6-18-26(34)16(2)8-7-11-29(5)23(38-29)13-21(37-25(33)14-22(32)28(3,4)27(18)35)17-9-10-20-19(12-17)30-24(15-31)36-20/h9-10,12,16,18,21-23,26,31-32,34H,6-8,11,13-15H2,1-5H3. The molecule has 1 aromatic carbocycles. The van der Waals surface area contributed by atoms with Crippen LogP contribution in [0.15, 0.2) is 22.6 Å². The number of fused-ring (bicyclic) bond motifs is 2. The number of ketones is 1. The fourth-order valence-corrected chi connectivity index (χ4v) is 5.70. The van der Waals surface area contributed by atoms with Crippen molar-refractivity contribution in [3.05, 3.63) is 29.7 Å². The monoisotopic (exact) mass is 531 g/mol. The lowest BCUT2D eigenvalue weighted by Crippen LogP contribution is -2.46. The Kier molecular flexibility index (Phi) is 8.33. The van der Waals surface area contributed by atoms with Gasteiger partial charge in [0.15, 0.2) is 5.58 Å². The van der Waals surface area contributed by atoms with Crippen molar-refractivity contribution in [3.8, 4) is 0 Å². The van der Waals surface area contributed by atoms with Gasteiger partial charge in [0.2, 0.25) is 5.89 Å². The third kappa shape index (κ3) is 5.81. The molecule has 2 aromatic rings. The summed E-state index contributed by atoms with van der Waals surface area (Å²) in [5.41, 5.74) is 0.151. The van der Waals surface area contributed by atoms with E-state index in [0.29, 0.717) is 29.5 Å². The molecule has 2 aliphatic rings. The van der Waals surface area contributed by atoms with Crippen LogP contribution in [0.3, 0.4) is 0 Å². The van der Waals surface area contributed by atoms with Crippen LogP contribution in [0.1, 0.15) is 90.7 Å². The van der Waals surface area contributed by atoms with Gasteiger partial charge in [0, 0.05) is 12.3 Å². The maximum atomic E-state index is 13.5. The Bertz CT molecular complexity index is 1160. The normalized spacial score (nSPS) is 35.1. The van der Waals surface area contributed by atoms with Crippen molar-refractivity contribution in [2.24, 2.45) is 17.3 Å². The molecule has 38 heavy (non-hydrogen) atoms. The number of hydrogen-bond acceptors (Lipinski definition) is 9. The van der Waals surface area contributed by atoms with Crippen LogP contribution in [0.4, 0.5) is 0 Å². The number of aliphatic hydroxyl groups is 3. The summed E-state index contributed by atoms with van der Waals surface area (Å²) in [5, 5.41) is 31.4. The second-order valence-corrected chi connectivity index (χ2v) is 11.8. The van der Waals surface area contributed by atoms with Gasteiger partial charge in [-0.15, -0.1) is 0 Å². The number of nitrogens with zero attached hydrogens (tertiary/aromatic N) is 1. The van der Waals surface area contributed by atoms with Crippen LogP contribution in [0.5, 0.6) is 0 Å². The Morgan fingerprint density at radius 2 is 1.89 bits per heavy atom. The van der Waals surface area contributed by atoms with Gasteiger partial charge < -0.3 is 29.2 Å². The van der Waals surface area contributed by atoms with Gasteiger partial charge in [-0.05, 0) is 49.8 Å². The topological polar surface area (TPSA) is 143 Å². The van der Waals surface area contributed by atoms with Gasteiger partial charge in [-0.3, -0.25) is 9.59 Å². The highest BCUT2D eigenvalue weighted by Crippen LogP contribution is 2.47. The molecule has 0 amide bonds. The molecule has 2 fully saturated rings. The highest BCUT2D eigenvalue weighted by Gasteiger charge is 2.53. The molecule has 0 saturated carbocycles. The molecule has 7 atom stereocenters. The lowest BCUT2D eigenvalue weighted by atomic mass is 9.71. The van der Waals surface area contributed by atoms with Crippen LogP contribution in [0.25, 0.3) is 11.1 Å². The fraction of sp³-hybridized carbons (Fsp3) is 0.690. The summed E-state index contributed by atoms with van der Waals surface area (Å²) in [5.74, 6) is -1.41. The van der Waals surface area contributed by atoms with Gasteiger partial charge in [-0.25, -0.2) is 4.98 Å². The number of aliphatic hydroxyl groups excluding tert-OH is 3. The average Bonchev–Trinajstić information content (AvgIpc) is 3.31. The molecule has 3 N–H and O–H groups in total. The van der Waals surface area contributed by atoms with E-state index in [-0.39, 0.29) is 42.3 Å². The average molecular weight is 532 g/mol. The van der Waals surface area contributed by atoms with Gasteiger partial charge in [-0.2, -0.15) is 0 Å². The van der Waals surface area contributed by atoms with E-state index >= 15 is 0 Å². The van der Waals surface area contributed by atoms with Crippen LogP contribution < -0.4 is 0 Å². The molecule has 3 heterocycles. The molecule has 0 bridgehead atoms. The van der Waals surface area contributed by atoms with Gasteiger partial charge >= 0.3 is 5.97 Å². The molecular formula is C29H41NO8. The van der Waals surface area contributed by atoms with Crippen LogP contribution in [0.2, 0.25) is 0 Å². The molecule has 2 aliphatic heterocycles. The minimum absolute atomic E-state index is 0.0961. The van der Waals surface area contributed by atoms with Gasteiger partial charge in [0.1, 0.15) is 24.0 Å². The first kappa shape index (κ1) is 28.7. The second-order valence-electron chi connectivity index (χ2n) is 11.8. The number of benzene rings is 1. The quantitative estimate of drug-likeness (QED) is 0.395. The molecule has 4 rings (SSSR count). The van der Waals surface area contributed by atoms with E-state index in [4.69, 9.17) is 13.9 Å². The van der Waals surface area contributed by atoms with E-state index in [9.17, 15) is 24.9 Å². The minimum Gasteiger partial charge on any atom is -0.457 e. The summed E-state index contributed by atoms with van der Waals surface area (Å²) in [6, 6.07) is 5.29. The third-order valence-corrected chi connectivity index (χ3v) is 8.63. The minimum atomic E-state index is -1.28. The zero-order chi connectivity index (χ0) is 27.8. The largest absolute Gasteiger partial charge is 0.457 e. The number of ether oxygens (including phenoxy) is 2. The number of oxazole rings is 1. The first-order valence-corrected chi connectivity index (χ1v) is 13.7. The molecule has 9 nitrogen and oxygen atoms in total. The van der Waals surface area contributed by atoms with Crippen LogP contribution in [0, 0.1) is 17.3 Å². The van der Waals surface area contributed by atoms with Gasteiger partial charge in [0.25, 0.3) is 0 Å². The number of hydrogen-bond donors (Lipinski definition) is 3. The number of carbonyl (C=O) groups is 2. The van der Waals surface area contributed by atoms with E-state index in [0.717, 1.165) is 19.3 Å². The molecule has 0 spiro atoms. The zero-order valence-corrected chi connectivity index (χ0v) is 23.0. The Balaban J connectivity index is 1.62. The van der Waals surface area contributed by atoms with Crippen molar-refractivity contribution in [1.82, 2.24) is 4.98 Å². The van der Waals surface area contributed by atoms with Crippen molar-refractivity contribution in [2.75, 3.05) is 0 Å². The van der Waals surface area contributed by atoms with Crippen molar-refractivity contribution in [2.45, 2.75) is 110 Å². The van der Waals surface area contributed by atoms with Crippen molar-refractivity contribution in [3.63, 3.8) is 0 Å². The number of aromatic nitrogens is 1. The number of carbonyl (C=O) groups excluding carboxylic acids is 2. The lowest BCUT2D eigenvalue weighted by molar-refractivity contribution is -0.156. The second kappa shape index (κ2) is 11.0. The smallest absolute Gasteiger partial charge is 0.309 e. The van der Waals surface area contributed by atoms with Crippen molar-refractivity contribution >= 4 is 22.9 Å². The molecule has 2 saturated heterocycles. The molecule has 1 aromatic heterocycles. The van der Waals surface area contributed by atoms with Crippen molar-refractivity contribution < 1.29 is 38.8 Å². The summed E-state index contributed by atoms with van der Waals surface area (Å²) in [6.07, 6.45) is -0.0320. The fourth-order valence-electron chi connectivity index (χ4n) is 5.70. The summed E-state index contributed by atoms with van der Waals surface area (Å²) >= 11 is 0. The SMILES string of the molecule is CCC1C(=O)C(C)(C)C(O)CC(=O)OC(c2ccc3oc(CO)nc3c2)CC2OC2(C)CCCC(C)C1O. The molecule has 0 aliphatic carbocycles. The maximum Gasteiger partial charge on any atom is 0.309 e. The number of epoxide rings is 1. The zero-order valence-electron chi connectivity index (χ0n) is 23.0. The lowest BCUT2D eigenvalue weighted by Gasteiger charge is -2.35. The first-order chi connectivity index (χ1) is 17.9. The Labute approximate surface area is 223 Å². The Morgan fingerprint density at radius 1 is 1.16 bits per heavy atom. The number of Topliss-reactive ketones (excluding diaryl/α,β-unsaturated/α-hetero) is 1. The highest BCUT2D eigenvalue weighted by atomic mass is 16.6. The maximum absolute atomic E-state index is 13.5. The van der Waals surface area contributed by atoms with Crippen LogP contribution in [-0.4, -0.2) is 56.0 Å². The van der Waals surface area contributed by atoms with Crippen LogP contribution in [-0.2, 0) is 25.7 Å². The summed E-state index contributed by atoms with van der Waals surface area (Å²) in [6.45, 7) is 8.77. The molecule has 7 unspecified atom stereocenters.